The molecule has 4 bridgehead atoms. The van der Waals surface area contributed by atoms with Crippen molar-refractivity contribution in [1.82, 2.24) is 29.3 Å². The van der Waals surface area contributed by atoms with Crippen LogP contribution in [0.2, 0.25) is 0 Å². The number of piperidine rings is 2. The van der Waals surface area contributed by atoms with Crippen LogP contribution in [0.1, 0.15) is 15.9 Å². The van der Waals surface area contributed by atoms with Gasteiger partial charge in [0.05, 0.1) is 6.20 Å². The van der Waals surface area contributed by atoms with Crippen molar-refractivity contribution < 1.29 is 4.79 Å². The summed E-state index contributed by atoms with van der Waals surface area (Å²) >= 11 is 0. The Hall–Kier alpha value is -2.64. The molecule has 150 valence electrons. The van der Waals surface area contributed by atoms with Gasteiger partial charge in [0.15, 0.2) is 0 Å². The summed E-state index contributed by atoms with van der Waals surface area (Å²) in [5.74, 6) is 0.418. The lowest BCUT2D eigenvalue weighted by Gasteiger charge is -2.55. The fourth-order valence-corrected chi connectivity index (χ4v) is 6.00. The van der Waals surface area contributed by atoms with E-state index in [4.69, 9.17) is 0 Å². The molecule has 4 fully saturated rings. The van der Waals surface area contributed by atoms with E-state index in [9.17, 15) is 4.79 Å². The predicted molar refractivity (Wildman–Crippen MR) is 110 cm³/mol. The Bertz CT molecular complexity index is 1050. The average Bonchev–Trinajstić information content (AvgIpc) is 3.21. The van der Waals surface area contributed by atoms with Crippen molar-refractivity contribution >= 4 is 11.6 Å². The second-order valence-electron chi connectivity index (χ2n) is 8.94. The third kappa shape index (κ3) is 2.50. The normalized spacial score (nSPS) is 33.1. The molecule has 7 rings (SSSR count). The van der Waals surface area contributed by atoms with Crippen LogP contribution in [0, 0.1) is 5.92 Å². The number of amides is 1. The van der Waals surface area contributed by atoms with Crippen molar-refractivity contribution in [2.75, 3.05) is 39.3 Å². The Morgan fingerprint density at radius 1 is 1.10 bits per heavy atom. The summed E-state index contributed by atoms with van der Waals surface area (Å²) in [4.78, 5) is 18.6. The van der Waals surface area contributed by atoms with E-state index in [2.05, 4.69) is 50.5 Å². The highest BCUT2D eigenvalue weighted by Gasteiger charge is 2.55. The Morgan fingerprint density at radius 3 is 2.55 bits per heavy atom. The molecule has 2 aromatic heterocycles. The van der Waals surface area contributed by atoms with Gasteiger partial charge in [-0.05, 0) is 5.56 Å². The first-order chi connectivity index (χ1) is 14.1. The van der Waals surface area contributed by atoms with Crippen LogP contribution in [0.3, 0.4) is 0 Å². The summed E-state index contributed by atoms with van der Waals surface area (Å²) in [5.41, 5.74) is 2.75. The van der Waals surface area contributed by atoms with Gasteiger partial charge in [0.1, 0.15) is 11.2 Å². The van der Waals surface area contributed by atoms with Crippen LogP contribution >= 0.6 is 0 Å². The molecule has 1 aromatic carbocycles. The van der Waals surface area contributed by atoms with Gasteiger partial charge in [-0.2, -0.15) is 5.10 Å². The number of hydrogen-bond donors (Lipinski definition) is 1. The molecule has 0 saturated carbocycles. The zero-order chi connectivity index (χ0) is 19.6. The standard InChI is InChI=1S/C22H26N6O/c1-25-7-10-28-21(25)18(11-23-28)20(29)24-19-16-12-26-8-9-27(13-16)15-22(19,14-26)17-5-3-2-4-6-17/h2-7,10-11,16,19H,8-9,12-15H2,1H3,(H,24,29)/t16?,19-,22?/m1/s1. The van der Waals surface area contributed by atoms with Gasteiger partial charge in [-0.3, -0.25) is 4.79 Å². The number of nitrogens with zero attached hydrogens (tertiary/aromatic N) is 5. The fourth-order valence-electron chi connectivity index (χ4n) is 6.00. The first-order valence-electron chi connectivity index (χ1n) is 10.4. The molecule has 7 heteroatoms. The fraction of sp³-hybridized carbons (Fsp3) is 0.455. The molecule has 4 saturated heterocycles. The molecule has 3 aromatic rings. The SMILES string of the molecule is Cn1ccn2ncc(C(=O)N[C@@H]3C4CN5CCN(C4)CC3(c3ccccc3)C5)c12. The molecular weight excluding hydrogens is 364 g/mol. The van der Waals surface area contributed by atoms with Crippen LogP contribution < -0.4 is 5.32 Å². The number of aromatic nitrogens is 3. The van der Waals surface area contributed by atoms with Gasteiger partial charge in [-0.15, -0.1) is 0 Å². The first-order valence-corrected chi connectivity index (χ1v) is 10.4. The number of carbonyl (C=O) groups excluding carboxylic acids is 1. The van der Waals surface area contributed by atoms with Gasteiger partial charge in [-0.25, -0.2) is 4.52 Å². The summed E-state index contributed by atoms with van der Waals surface area (Å²) in [7, 11) is 1.95. The number of imidazole rings is 1. The molecule has 0 radical (unpaired) electrons. The number of carbonyl (C=O) groups is 1. The van der Waals surface area contributed by atoms with Gasteiger partial charge in [0, 0.05) is 76.1 Å². The van der Waals surface area contributed by atoms with E-state index < -0.39 is 0 Å². The number of hydrogen-bond acceptors (Lipinski definition) is 4. The molecule has 6 heterocycles. The van der Waals surface area contributed by atoms with E-state index in [0.717, 1.165) is 44.9 Å². The predicted octanol–water partition coefficient (Wildman–Crippen LogP) is 0.970. The molecular formula is C22H26N6O. The zero-order valence-corrected chi connectivity index (χ0v) is 16.7. The van der Waals surface area contributed by atoms with E-state index in [-0.39, 0.29) is 17.4 Å². The minimum atomic E-state index is -0.0743. The number of rotatable bonds is 3. The molecule has 2 unspecified atom stereocenters. The Balaban J connectivity index is 1.41. The van der Waals surface area contributed by atoms with Crippen LogP contribution in [0.5, 0.6) is 0 Å². The Morgan fingerprint density at radius 2 is 1.83 bits per heavy atom. The maximum atomic E-state index is 13.4. The average molecular weight is 390 g/mol. The topological polar surface area (TPSA) is 57.8 Å². The Kier molecular flexibility index (Phi) is 3.67. The van der Waals surface area contributed by atoms with Gasteiger partial charge >= 0.3 is 0 Å². The van der Waals surface area contributed by atoms with Crippen molar-refractivity contribution in [3.05, 3.63) is 60.0 Å². The minimum Gasteiger partial charge on any atom is -0.348 e. The molecule has 0 spiro atoms. The number of fused-ring (bicyclic) bond motifs is 2. The molecule has 7 nitrogen and oxygen atoms in total. The van der Waals surface area contributed by atoms with Crippen molar-refractivity contribution in [1.29, 1.82) is 0 Å². The number of nitrogens with one attached hydrogen (secondary N) is 1. The lowest BCUT2D eigenvalue weighted by molar-refractivity contribution is 0.0181. The van der Waals surface area contributed by atoms with Crippen molar-refractivity contribution in [2.45, 2.75) is 11.5 Å². The Labute approximate surface area is 169 Å². The maximum Gasteiger partial charge on any atom is 0.256 e. The lowest BCUT2D eigenvalue weighted by Crippen LogP contribution is -2.70. The van der Waals surface area contributed by atoms with Crippen LogP contribution in [-0.2, 0) is 12.5 Å². The largest absolute Gasteiger partial charge is 0.348 e. The third-order valence-corrected chi connectivity index (χ3v) is 7.21. The van der Waals surface area contributed by atoms with Crippen molar-refractivity contribution in [3.63, 3.8) is 0 Å². The summed E-state index contributed by atoms with van der Waals surface area (Å²) < 4.78 is 3.72. The highest BCUT2D eigenvalue weighted by atomic mass is 16.1. The summed E-state index contributed by atoms with van der Waals surface area (Å²) in [6.07, 6.45) is 5.50. The molecule has 4 aliphatic heterocycles. The van der Waals surface area contributed by atoms with Gasteiger partial charge in [-0.1, -0.05) is 30.3 Å². The summed E-state index contributed by atoms with van der Waals surface area (Å²) in [6, 6.07) is 10.9. The third-order valence-electron chi connectivity index (χ3n) is 7.21. The van der Waals surface area contributed by atoms with Gasteiger partial charge in [0.2, 0.25) is 0 Å². The minimum absolute atomic E-state index is 0.0155. The van der Waals surface area contributed by atoms with Crippen molar-refractivity contribution in [2.24, 2.45) is 13.0 Å². The molecule has 4 aliphatic rings. The van der Waals surface area contributed by atoms with Crippen LogP contribution in [0.4, 0.5) is 0 Å². The lowest BCUT2D eigenvalue weighted by atomic mass is 9.64. The number of aryl methyl sites for hydroxylation is 1. The maximum absolute atomic E-state index is 13.4. The first kappa shape index (κ1) is 17.2. The van der Waals surface area contributed by atoms with E-state index in [1.807, 2.05) is 24.0 Å². The number of benzene rings is 1. The second-order valence-corrected chi connectivity index (χ2v) is 8.94. The van der Waals surface area contributed by atoms with Gasteiger partial charge < -0.3 is 19.7 Å². The van der Waals surface area contributed by atoms with Gasteiger partial charge in [0.25, 0.3) is 5.91 Å². The second kappa shape index (κ2) is 6.18. The molecule has 29 heavy (non-hydrogen) atoms. The molecule has 1 amide bonds. The molecule has 3 atom stereocenters. The van der Waals surface area contributed by atoms with E-state index >= 15 is 0 Å². The summed E-state index contributed by atoms with van der Waals surface area (Å²) in [6.45, 7) is 6.37. The quantitative estimate of drug-likeness (QED) is 0.724. The molecule has 0 aliphatic carbocycles. The van der Waals surface area contributed by atoms with Crippen LogP contribution in [-0.4, -0.2) is 75.2 Å². The zero-order valence-electron chi connectivity index (χ0n) is 16.7. The van der Waals surface area contributed by atoms with Crippen LogP contribution in [0.15, 0.2) is 48.9 Å². The highest BCUT2D eigenvalue weighted by Crippen LogP contribution is 2.43. The highest BCUT2D eigenvalue weighted by molar-refractivity contribution is 6.00. The van der Waals surface area contributed by atoms with E-state index in [1.165, 1.54) is 5.56 Å². The molecule has 1 N–H and O–H groups in total. The monoisotopic (exact) mass is 390 g/mol. The van der Waals surface area contributed by atoms with Crippen LogP contribution in [0.25, 0.3) is 5.65 Å². The summed E-state index contributed by atoms with van der Waals surface area (Å²) in [5, 5.41) is 7.84. The van der Waals surface area contributed by atoms with Crippen molar-refractivity contribution in [3.8, 4) is 0 Å². The van der Waals surface area contributed by atoms with E-state index in [1.54, 1.807) is 10.7 Å². The van der Waals surface area contributed by atoms with E-state index in [0.29, 0.717) is 11.5 Å². The smallest absolute Gasteiger partial charge is 0.256 e.